The molecule has 2 saturated carbocycles. The van der Waals surface area contributed by atoms with E-state index in [-0.39, 0.29) is 18.0 Å². The summed E-state index contributed by atoms with van der Waals surface area (Å²) in [6.45, 7) is 7.31. The van der Waals surface area contributed by atoms with Crippen LogP contribution in [0.5, 0.6) is 0 Å². The molecule has 0 unspecified atom stereocenters. The number of rotatable bonds is 10. The van der Waals surface area contributed by atoms with E-state index >= 15 is 0 Å². The predicted molar refractivity (Wildman–Crippen MR) is 201 cm³/mol. The van der Waals surface area contributed by atoms with Gasteiger partial charge in [-0.1, -0.05) is 105 Å². The van der Waals surface area contributed by atoms with Crippen molar-refractivity contribution in [1.82, 2.24) is 14.8 Å². The van der Waals surface area contributed by atoms with E-state index in [0.717, 1.165) is 59.1 Å². The second-order valence-electron chi connectivity index (χ2n) is 15.3. The van der Waals surface area contributed by atoms with Crippen molar-refractivity contribution in [3.63, 3.8) is 0 Å². The summed E-state index contributed by atoms with van der Waals surface area (Å²) in [5.74, 6) is 0.639. The molecule has 2 aliphatic rings. The van der Waals surface area contributed by atoms with Crippen molar-refractivity contribution in [1.29, 1.82) is 0 Å². The monoisotopic (exact) mass is 671 g/mol. The Morgan fingerprint density at radius 3 is 1.80 bits per heavy atom. The molecule has 2 amide bonds. The maximum atomic E-state index is 13.9. The molecule has 6 heteroatoms. The van der Waals surface area contributed by atoms with Crippen LogP contribution >= 0.6 is 0 Å². The lowest BCUT2D eigenvalue weighted by Crippen LogP contribution is -2.43. The number of nitrogens with zero attached hydrogens (tertiary/aromatic N) is 3. The first-order valence-corrected chi connectivity index (χ1v) is 18.7. The Bertz CT molecular complexity index is 1670. The minimum atomic E-state index is -0.525. The van der Waals surface area contributed by atoms with Gasteiger partial charge in [0, 0.05) is 43.6 Å². The molecule has 1 heterocycles. The molecule has 0 atom stereocenters. The van der Waals surface area contributed by atoms with Gasteiger partial charge in [-0.05, 0) is 104 Å². The van der Waals surface area contributed by atoms with E-state index in [4.69, 9.17) is 4.74 Å². The van der Waals surface area contributed by atoms with Crippen LogP contribution in [0.25, 0.3) is 11.1 Å². The fraction of sp³-hybridized carbons (Fsp3) is 0.432. The summed E-state index contributed by atoms with van der Waals surface area (Å²) in [5.41, 5.74) is 6.95. The third-order valence-corrected chi connectivity index (χ3v) is 10.2. The van der Waals surface area contributed by atoms with E-state index in [1.165, 1.54) is 44.1 Å². The lowest BCUT2D eigenvalue weighted by Gasteiger charge is -2.35. The number of carbonyl (C=O) groups is 2. The quantitative estimate of drug-likeness (QED) is 0.168. The Balaban J connectivity index is 1.14. The van der Waals surface area contributed by atoms with Crippen LogP contribution in [0, 0.1) is 0 Å². The van der Waals surface area contributed by atoms with Gasteiger partial charge in [-0.3, -0.25) is 9.78 Å². The van der Waals surface area contributed by atoms with Gasteiger partial charge in [0.05, 0.1) is 0 Å². The van der Waals surface area contributed by atoms with Gasteiger partial charge in [0.1, 0.15) is 5.60 Å². The van der Waals surface area contributed by atoms with Gasteiger partial charge < -0.3 is 14.5 Å². The van der Waals surface area contributed by atoms with Gasteiger partial charge in [-0.15, -0.1) is 0 Å². The molecule has 0 radical (unpaired) electrons. The second kappa shape index (κ2) is 16.5. The fourth-order valence-corrected chi connectivity index (χ4v) is 7.51. The molecule has 0 spiro atoms. The van der Waals surface area contributed by atoms with Gasteiger partial charge in [-0.2, -0.15) is 0 Å². The van der Waals surface area contributed by atoms with Crippen molar-refractivity contribution in [2.75, 3.05) is 0 Å². The number of hydrogen-bond donors (Lipinski definition) is 0. The Hall–Kier alpha value is -4.45. The first-order valence-electron chi connectivity index (χ1n) is 18.7. The Morgan fingerprint density at radius 1 is 0.680 bits per heavy atom. The highest BCUT2D eigenvalue weighted by Crippen LogP contribution is 2.33. The molecule has 2 aliphatic carbocycles. The summed E-state index contributed by atoms with van der Waals surface area (Å²) < 4.78 is 5.82. The molecule has 262 valence electrons. The summed E-state index contributed by atoms with van der Waals surface area (Å²) in [4.78, 5) is 35.3. The third kappa shape index (κ3) is 9.62. The standard InChI is InChI=1S/C44H53N3O3/c1-44(2,3)50-43(49)47(41-14-8-5-9-15-41)32-34-18-22-38(23-19-34)37-20-16-33(17-21-37)30-46(31-35-11-10-28-45-29-35)42(48)40-26-24-39(25-27-40)36-12-6-4-7-13-36/h10-11,16-29,36,41H,4-9,12-15,30-32H2,1-3H3. The van der Waals surface area contributed by atoms with Crippen LogP contribution < -0.4 is 0 Å². The van der Waals surface area contributed by atoms with Crippen LogP contribution in [0.1, 0.15) is 124 Å². The van der Waals surface area contributed by atoms with Gasteiger partial charge in [0.15, 0.2) is 0 Å². The van der Waals surface area contributed by atoms with E-state index in [2.05, 4.69) is 65.6 Å². The minimum Gasteiger partial charge on any atom is -0.444 e. The molecular formula is C44H53N3O3. The zero-order valence-corrected chi connectivity index (χ0v) is 30.2. The molecule has 50 heavy (non-hydrogen) atoms. The molecule has 3 aromatic carbocycles. The fourth-order valence-electron chi connectivity index (χ4n) is 7.51. The van der Waals surface area contributed by atoms with Crippen molar-refractivity contribution in [3.05, 3.63) is 125 Å². The highest BCUT2D eigenvalue weighted by molar-refractivity contribution is 5.94. The van der Waals surface area contributed by atoms with Crippen molar-refractivity contribution < 1.29 is 14.3 Å². The lowest BCUT2D eigenvalue weighted by molar-refractivity contribution is 0.00987. The summed E-state index contributed by atoms with van der Waals surface area (Å²) >= 11 is 0. The van der Waals surface area contributed by atoms with Gasteiger partial charge >= 0.3 is 6.09 Å². The molecule has 2 fully saturated rings. The first-order chi connectivity index (χ1) is 24.2. The van der Waals surface area contributed by atoms with Crippen LogP contribution in [0.4, 0.5) is 4.79 Å². The van der Waals surface area contributed by atoms with Crippen LogP contribution in [0.15, 0.2) is 97.3 Å². The number of carbonyl (C=O) groups excluding carboxylic acids is 2. The van der Waals surface area contributed by atoms with E-state index < -0.39 is 5.60 Å². The van der Waals surface area contributed by atoms with Gasteiger partial charge in [0.25, 0.3) is 5.91 Å². The van der Waals surface area contributed by atoms with Crippen molar-refractivity contribution in [3.8, 4) is 11.1 Å². The molecule has 0 saturated heterocycles. The molecule has 6 rings (SSSR count). The largest absolute Gasteiger partial charge is 0.444 e. The summed E-state index contributed by atoms with van der Waals surface area (Å²) in [6, 6.07) is 29.5. The highest BCUT2D eigenvalue weighted by Gasteiger charge is 2.29. The van der Waals surface area contributed by atoms with Crippen molar-refractivity contribution in [2.24, 2.45) is 0 Å². The van der Waals surface area contributed by atoms with Gasteiger partial charge in [-0.25, -0.2) is 4.79 Å². The third-order valence-electron chi connectivity index (χ3n) is 10.2. The summed E-state index contributed by atoms with van der Waals surface area (Å²) in [7, 11) is 0. The Labute approximate surface area is 298 Å². The number of pyridine rings is 1. The Morgan fingerprint density at radius 2 is 1.24 bits per heavy atom. The highest BCUT2D eigenvalue weighted by atomic mass is 16.6. The lowest BCUT2D eigenvalue weighted by atomic mass is 9.84. The topological polar surface area (TPSA) is 62.7 Å². The maximum Gasteiger partial charge on any atom is 0.410 e. The second-order valence-corrected chi connectivity index (χ2v) is 15.3. The molecule has 6 nitrogen and oxygen atoms in total. The van der Waals surface area contributed by atoms with E-state index in [0.29, 0.717) is 25.6 Å². The first kappa shape index (κ1) is 35.4. The zero-order valence-electron chi connectivity index (χ0n) is 30.2. The van der Waals surface area contributed by atoms with Crippen LogP contribution in [0.3, 0.4) is 0 Å². The van der Waals surface area contributed by atoms with Crippen molar-refractivity contribution >= 4 is 12.0 Å². The van der Waals surface area contributed by atoms with E-state index in [1.54, 1.807) is 6.20 Å². The normalized spacial score (nSPS) is 15.7. The molecule has 0 N–H and O–H groups in total. The molecular weight excluding hydrogens is 619 g/mol. The van der Waals surface area contributed by atoms with E-state index in [1.807, 2.05) is 61.0 Å². The summed E-state index contributed by atoms with van der Waals surface area (Å²) in [6.07, 6.45) is 15.4. The van der Waals surface area contributed by atoms with Crippen LogP contribution in [-0.4, -0.2) is 38.4 Å². The average Bonchev–Trinajstić information content (AvgIpc) is 3.14. The SMILES string of the molecule is CC(C)(C)OC(=O)N(Cc1ccc(-c2ccc(CN(Cc3cccnc3)C(=O)c3ccc(C4CCCCC4)cc3)cc2)cc1)C1CCCCC1. The number of amides is 2. The average molecular weight is 672 g/mol. The smallest absolute Gasteiger partial charge is 0.410 e. The van der Waals surface area contributed by atoms with Crippen LogP contribution in [-0.2, 0) is 24.4 Å². The Kier molecular flexibility index (Phi) is 11.7. The zero-order chi connectivity index (χ0) is 34.9. The molecule has 0 aliphatic heterocycles. The number of ether oxygens (including phenoxy) is 1. The molecule has 0 bridgehead atoms. The number of hydrogen-bond acceptors (Lipinski definition) is 4. The number of benzene rings is 3. The molecule has 4 aromatic rings. The van der Waals surface area contributed by atoms with E-state index in [9.17, 15) is 9.59 Å². The van der Waals surface area contributed by atoms with Crippen LogP contribution in [0.2, 0.25) is 0 Å². The van der Waals surface area contributed by atoms with Crippen molar-refractivity contribution in [2.45, 2.75) is 122 Å². The van der Waals surface area contributed by atoms with Gasteiger partial charge in [0.2, 0.25) is 0 Å². The number of aromatic nitrogens is 1. The predicted octanol–water partition coefficient (Wildman–Crippen LogP) is 10.7. The molecule has 1 aromatic heterocycles. The maximum absolute atomic E-state index is 13.9. The minimum absolute atomic E-state index is 0.0253. The summed E-state index contributed by atoms with van der Waals surface area (Å²) in [5, 5.41) is 0.